The lowest BCUT2D eigenvalue weighted by molar-refractivity contribution is -0.366. The Kier molecular flexibility index (Phi) is 7.20. The fraction of sp³-hybridized carbons (Fsp3) is 0.889. The van der Waals surface area contributed by atoms with E-state index in [-0.39, 0.29) is 11.7 Å². The third-order valence-electron chi connectivity index (χ3n) is 3.85. The highest BCUT2D eigenvalue weighted by molar-refractivity contribution is 5.10. The summed E-state index contributed by atoms with van der Waals surface area (Å²) >= 11 is 0. The number of aliphatic hydroxyl groups is 1. The molecule has 0 aromatic heterocycles. The second-order valence-electron chi connectivity index (χ2n) is 7.46. The highest BCUT2D eigenvalue weighted by Gasteiger charge is 2.25. The zero-order chi connectivity index (χ0) is 15.9. The average Bonchev–Trinajstić information content (AvgIpc) is 2.42. The van der Waals surface area contributed by atoms with Crippen LogP contribution in [0.1, 0.15) is 79.6 Å². The van der Waals surface area contributed by atoms with Crippen molar-refractivity contribution in [1.82, 2.24) is 0 Å². The predicted octanol–water partition coefficient (Wildman–Crippen LogP) is 4.24. The van der Waals surface area contributed by atoms with Crippen molar-refractivity contribution in [3.8, 4) is 11.8 Å². The molecule has 3 nitrogen and oxygen atoms in total. The largest absolute Gasteiger partial charge is 0.390 e. The first-order valence-electron chi connectivity index (χ1n) is 8.30. The summed E-state index contributed by atoms with van der Waals surface area (Å²) in [5, 5.41) is 10.3. The standard InChI is InChI=1S/C18H32O3/c1-6-18(5,19)14-16(20-21-17(2,3)4)13-12-15-10-8-7-9-11-15/h15-16,19H,6-11,14H2,1-5H3. The summed E-state index contributed by atoms with van der Waals surface area (Å²) in [4.78, 5) is 10.9. The summed E-state index contributed by atoms with van der Waals surface area (Å²) in [6, 6.07) is 0. The molecule has 2 atom stereocenters. The Hall–Kier alpha value is -0.560. The van der Waals surface area contributed by atoms with Gasteiger partial charge in [0.25, 0.3) is 0 Å². The minimum Gasteiger partial charge on any atom is -0.390 e. The predicted molar refractivity (Wildman–Crippen MR) is 85.6 cm³/mol. The van der Waals surface area contributed by atoms with Crippen LogP contribution in [0.5, 0.6) is 0 Å². The summed E-state index contributed by atoms with van der Waals surface area (Å²) in [5.41, 5.74) is -1.14. The van der Waals surface area contributed by atoms with Crippen LogP contribution < -0.4 is 0 Å². The molecule has 2 unspecified atom stereocenters. The molecule has 1 aliphatic rings. The number of hydrogen-bond acceptors (Lipinski definition) is 3. The summed E-state index contributed by atoms with van der Waals surface area (Å²) in [5.74, 6) is 7.01. The van der Waals surface area contributed by atoms with Crippen LogP contribution in [0.4, 0.5) is 0 Å². The van der Waals surface area contributed by atoms with Crippen LogP contribution >= 0.6 is 0 Å². The van der Waals surface area contributed by atoms with E-state index in [9.17, 15) is 5.11 Å². The van der Waals surface area contributed by atoms with E-state index < -0.39 is 5.60 Å². The van der Waals surface area contributed by atoms with Gasteiger partial charge in [-0.25, -0.2) is 9.78 Å². The molecule has 1 N–H and O–H groups in total. The molecule has 1 aliphatic carbocycles. The lowest BCUT2D eigenvalue weighted by atomic mass is 9.89. The first-order valence-corrected chi connectivity index (χ1v) is 8.30. The van der Waals surface area contributed by atoms with Gasteiger partial charge in [0.15, 0.2) is 6.10 Å². The minimum absolute atomic E-state index is 0.372. The van der Waals surface area contributed by atoms with E-state index >= 15 is 0 Å². The van der Waals surface area contributed by atoms with Gasteiger partial charge in [0.1, 0.15) is 0 Å². The molecule has 0 heterocycles. The smallest absolute Gasteiger partial charge is 0.156 e. The Bertz CT molecular complexity index is 351. The van der Waals surface area contributed by atoms with Crippen molar-refractivity contribution in [2.75, 3.05) is 0 Å². The van der Waals surface area contributed by atoms with Gasteiger partial charge in [-0.3, -0.25) is 0 Å². The van der Waals surface area contributed by atoms with Gasteiger partial charge in [0.2, 0.25) is 0 Å². The van der Waals surface area contributed by atoms with E-state index in [1.54, 1.807) is 0 Å². The van der Waals surface area contributed by atoms with Gasteiger partial charge >= 0.3 is 0 Å². The highest BCUT2D eigenvalue weighted by Crippen LogP contribution is 2.24. The summed E-state index contributed by atoms with van der Waals surface area (Å²) in [6.07, 6.45) is 7.02. The van der Waals surface area contributed by atoms with Gasteiger partial charge in [0, 0.05) is 12.3 Å². The van der Waals surface area contributed by atoms with E-state index in [1.807, 2.05) is 34.6 Å². The van der Waals surface area contributed by atoms with Crippen molar-refractivity contribution in [1.29, 1.82) is 0 Å². The Labute approximate surface area is 130 Å². The molecule has 0 aromatic rings. The topological polar surface area (TPSA) is 38.7 Å². The molecular formula is C18H32O3. The van der Waals surface area contributed by atoms with Crippen LogP contribution in [0.25, 0.3) is 0 Å². The van der Waals surface area contributed by atoms with E-state index in [0.717, 1.165) is 0 Å². The quantitative estimate of drug-likeness (QED) is 0.468. The van der Waals surface area contributed by atoms with Crippen LogP contribution in [0.15, 0.2) is 0 Å². The Morgan fingerprint density at radius 2 is 1.76 bits per heavy atom. The fourth-order valence-corrected chi connectivity index (χ4v) is 2.31. The van der Waals surface area contributed by atoms with Crippen molar-refractivity contribution in [2.45, 2.75) is 96.9 Å². The third kappa shape index (κ3) is 8.46. The fourth-order valence-electron chi connectivity index (χ4n) is 2.31. The molecule has 1 fully saturated rings. The van der Waals surface area contributed by atoms with E-state index in [0.29, 0.717) is 18.8 Å². The minimum atomic E-state index is -0.771. The molecule has 122 valence electrons. The van der Waals surface area contributed by atoms with Crippen molar-refractivity contribution in [3.05, 3.63) is 0 Å². The van der Waals surface area contributed by atoms with Crippen LogP contribution in [0.3, 0.4) is 0 Å². The molecule has 1 rings (SSSR count). The Balaban J connectivity index is 2.64. The molecule has 0 amide bonds. The van der Waals surface area contributed by atoms with Gasteiger partial charge in [-0.1, -0.05) is 38.0 Å². The molecule has 21 heavy (non-hydrogen) atoms. The lowest BCUT2D eigenvalue weighted by Crippen LogP contribution is -2.32. The average molecular weight is 296 g/mol. The number of rotatable bonds is 5. The maximum Gasteiger partial charge on any atom is 0.156 e. The molecule has 3 heteroatoms. The molecule has 0 bridgehead atoms. The molecule has 0 radical (unpaired) electrons. The van der Waals surface area contributed by atoms with E-state index in [1.165, 1.54) is 32.1 Å². The van der Waals surface area contributed by atoms with E-state index in [4.69, 9.17) is 9.78 Å². The Morgan fingerprint density at radius 3 is 2.29 bits per heavy atom. The van der Waals surface area contributed by atoms with Crippen LogP contribution in [-0.2, 0) is 9.78 Å². The van der Waals surface area contributed by atoms with E-state index in [2.05, 4.69) is 11.8 Å². The molecule has 0 spiro atoms. The van der Waals surface area contributed by atoms with Gasteiger partial charge in [0.05, 0.1) is 11.2 Å². The van der Waals surface area contributed by atoms with Crippen LogP contribution in [-0.4, -0.2) is 22.4 Å². The second-order valence-corrected chi connectivity index (χ2v) is 7.46. The zero-order valence-electron chi connectivity index (χ0n) is 14.4. The Morgan fingerprint density at radius 1 is 1.14 bits per heavy atom. The van der Waals surface area contributed by atoms with Crippen LogP contribution in [0, 0.1) is 17.8 Å². The first kappa shape index (κ1) is 18.5. The highest BCUT2D eigenvalue weighted by atomic mass is 17.2. The van der Waals surface area contributed by atoms with Crippen molar-refractivity contribution < 1.29 is 14.9 Å². The maximum atomic E-state index is 10.3. The lowest BCUT2D eigenvalue weighted by Gasteiger charge is -2.27. The SMILES string of the molecule is CCC(C)(O)CC(C#CC1CCCCC1)OOC(C)(C)C. The third-order valence-corrected chi connectivity index (χ3v) is 3.85. The van der Waals surface area contributed by atoms with Crippen molar-refractivity contribution in [3.63, 3.8) is 0 Å². The van der Waals surface area contributed by atoms with Gasteiger partial charge in [-0.05, 0) is 47.0 Å². The normalized spacial score (nSPS) is 21.2. The van der Waals surface area contributed by atoms with Gasteiger partial charge in [-0.15, -0.1) is 0 Å². The molecule has 0 aromatic carbocycles. The number of hydrogen-bond donors (Lipinski definition) is 1. The van der Waals surface area contributed by atoms with Crippen molar-refractivity contribution in [2.24, 2.45) is 5.92 Å². The van der Waals surface area contributed by atoms with Crippen molar-refractivity contribution >= 4 is 0 Å². The molecule has 0 saturated heterocycles. The monoisotopic (exact) mass is 296 g/mol. The molecular weight excluding hydrogens is 264 g/mol. The van der Waals surface area contributed by atoms with Gasteiger partial charge < -0.3 is 5.11 Å². The van der Waals surface area contributed by atoms with Gasteiger partial charge in [-0.2, -0.15) is 0 Å². The zero-order valence-corrected chi connectivity index (χ0v) is 14.4. The first-order chi connectivity index (χ1) is 9.72. The summed E-state index contributed by atoms with van der Waals surface area (Å²) in [7, 11) is 0. The van der Waals surface area contributed by atoms with Crippen LogP contribution in [0.2, 0.25) is 0 Å². The summed E-state index contributed by atoms with van der Waals surface area (Å²) in [6.45, 7) is 9.61. The molecule has 1 saturated carbocycles. The second kappa shape index (κ2) is 8.17. The molecule has 0 aliphatic heterocycles. The maximum absolute atomic E-state index is 10.3. The summed E-state index contributed by atoms with van der Waals surface area (Å²) < 4.78 is 0.